The number of halogens is 2. The molecule has 2 nitrogen and oxygen atoms in total. The van der Waals surface area contributed by atoms with Crippen LogP contribution in [0.3, 0.4) is 0 Å². The van der Waals surface area contributed by atoms with Gasteiger partial charge >= 0.3 is 0 Å². The lowest BCUT2D eigenvalue weighted by atomic mass is 9.95. The maximum Gasteiger partial charge on any atom is 0.120 e. The van der Waals surface area contributed by atoms with Gasteiger partial charge in [0.1, 0.15) is 10.4 Å². The van der Waals surface area contributed by atoms with Gasteiger partial charge in [0.25, 0.3) is 0 Å². The molecule has 0 saturated carbocycles. The predicted molar refractivity (Wildman–Crippen MR) is 91.4 cm³/mol. The molecule has 1 fully saturated rings. The van der Waals surface area contributed by atoms with Crippen LogP contribution in [0, 0.1) is 5.92 Å². The molecule has 0 radical (unpaired) electrons. The summed E-state index contributed by atoms with van der Waals surface area (Å²) in [5, 5.41) is 0. The normalized spacial score (nSPS) is 19.7. The van der Waals surface area contributed by atoms with Crippen molar-refractivity contribution < 1.29 is 9.47 Å². The Morgan fingerprint density at radius 1 is 1.14 bits per heavy atom. The summed E-state index contributed by atoms with van der Waals surface area (Å²) in [5.74, 6) is 0.346. The molecule has 1 rings (SSSR count). The van der Waals surface area contributed by atoms with Crippen molar-refractivity contribution in [1.82, 2.24) is 0 Å². The highest BCUT2D eigenvalue weighted by Gasteiger charge is 2.30. The minimum Gasteiger partial charge on any atom is -0.379 e. The van der Waals surface area contributed by atoms with Gasteiger partial charge in [-0.25, -0.2) is 0 Å². The monoisotopic (exact) mass is 338 g/mol. The topological polar surface area (TPSA) is 21.8 Å². The molecule has 0 N–H and O–H groups in total. The van der Waals surface area contributed by atoms with Crippen LogP contribution >= 0.6 is 23.2 Å². The molecule has 0 bridgehead atoms. The summed E-state index contributed by atoms with van der Waals surface area (Å²) in [5.41, 5.74) is 0. The average molecular weight is 339 g/mol. The molecule has 1 heterocycles. The van der Waals surface area contributed by atoms with Crippen LogP contribution in [0.1, 0.15) is 71.6 Å². The van der Waals surface area contributed by atoms with Crippen LogP contribution in [0.2, 0.25) is 0 Å². The molecule has 4 heteroatoms. The first-order valence-electron chi connectivity index (χ1n) is 8.63. The van der Waals surface area contributed by atoms with E-state index in [1.54, 1.807) is 0 Å². The van der Waals surface area contributed by atoms with E-state index in [9.17, 15) is 0 Å². The Morgan fingerprint density at radius 2 is 1.81 bits per heavy atom. The maximum absolute atomic E-state index is 6.49. The highest BCUT2D eigenvalue weighted by atomic mass is 35.5. The quantitative estimate of drug-likeness (QED) is 0.229. The van der Waals surface area contributed by atoms with Crippen LogP contribution in [0.5, 0.6) is 0 Å². The van der Waals surface area contributed by atoms with Gasteiger partial charge in [-0.15, -0.1) is 23.2 Å². The van der Waals surface area contributed by atoms with Crippen LogP contribution in [0.15, 0.2) is 0 Å². The van der Waals surface area contributed by atoms with Gasteiger partial charge in [0.15, 0.2) is 0 Å². The third-order valence-electron chi connectivity index (χ3n) is 4.22. The Morgan fingerprint density at radius 3 is 2.48 bits per heavy atom. The zero-order chi connectivity index (χ0) is 15.6. The van der Waals surface area contributed by atoms with Crippen molar-refractivity contribution >= 4 is 23.2 Å². The lowest BCUT2D eigenvalue weighted by Gasteiger charge is -2.27. The molecule has 1 saturated heterocycles. The first-order chi connectivity index (χ1) is 10.1. The number of hydrogen-bond donors (Lipinski definition) is 0. The van der Waals surface area contributed by atoms with Crippen molar-refractivity contribution in [3.8, 4) is 0 Å². The van der Waals surface area contributed by atoms with E-state index in [2.05, 4.69) is 13.8 Å². The molecule has 1 aliphatic rings. The van der Waals surface area contributed by atoms with Crippen LogP contribution in [-0.4, -0.2) is 30.3 Å². The second-order valence-electron chi connectivity index (χ2n) is 6.35. The molecule has 126 valence electrons. The standard InChI is InChI=1S/C17H32Cl2O2/c1-3-4-5-6-7-8-10-15(2)17(18,19)11-9-12-20-13-16-14-21-16/h15-16H,3-14H2,1-2H3. The molecule has 0 aliphatic carbocycles. The molecule has 2 atom stereocenters. The van der Waals surface area contributed by atoms with Gasteiger partial charge in [0.05, 0.1) is 13.2 Å². The Labute approximate surface area is 140 Å². The van der Waals surface area contributed by atoms with Crippen LogP contribution in [0.4, 0.5) is 0 Å². The molecule has 2 unspecified atom stereocenters. The number of hydrogen-bond acceptors (Lipinski definition) is 2. The van der Waals surface area contributed by atoms with Crippen molar-refractivity contribution in [3.63, 3.8) is 0 Å². The summed E-state index contributed by atoms with van der Waals surface area (Å²) >= 11 is 13.0. The molecule has 0 aromatic carbocycles. The van der Waals surface area contributed by atoms with E-state index in [0.29, 0.717) is 18.6 Å². The summed E-state index contributed by atoms with van der Waals surface area (Å²) in [6.07, 6.45) is 11.1. The van der Waals surface area contributed by atoms with Crippen LogP contribution < -0.4 is 0 Å². The van der Waals surface area contributed by atoms with Gasteiger partial charge in [-0.3, -0.25) is 0 Å². The maximum atomic E-state index is 6.49. The fourth-order valence-electron chi connectivity index (χ4n) is 2.48. The number of ether oxygens (including phenoxy) is 2. The summed E-state index contributed by atoms with van der Waals surface area (Å²) in [4.78, 5) is 0. The van der Waals surface area contributed by atoms with Gasteiger partial charge in [-0.05, 0) is 25.2 Å². The van der Waals surface area contributed by atoms with E-state index in [0.717, 1.165) is 32.5 Å². The lowest BCUT2D eigenvalue weighted by molar-refractivity contribution is 0.111. The summed E-state index contributed by atoms with van der Waals surface area (Å²) in [7, 11) is 0. The second kappa shape index (κ2) is 11.1. The van der Waals surface area contributed by atoms with E-state index in [4.69, 9.17) is 32.7 Å². The molecule has 0 spiro atoms. The van der Waals surface area contributed by atoms with Crippen molar-refractivity contribution in [3.05, 3.63) is 0 Å². The minimum absolute atomic E-state index is 0.341. The number of rotatable bonds is 14. The minimum atomic E-state index is -0.608. The molecular formula is C17H32Cl2O2. The van der Waals surface area contributed by atoms with E-state index < -0.39 is 4.33 Å². The van der Waals surface area contributed by atoms with E-state index in [1.807, 2.05) is 0 Å². The van der Waals surface area contributed by atoms with E-state index in [1.165, 1.54) is 38.5 Å². The smallest absolute Gasteiger partial charge is 0.120 e. The van der Waals surface area contributed by atoms with Crippen molar-refractivity contribution in [1.29, 1.82) is 0 Å². The van der Waals surface area contributed by atoms with E-state index >= 15 is 0 Å². The molecule has 0 aromatic heterocycles. The van der Waals surface area contributed by atoms with Crippen molar-refractivity contribution in [2.75, 3.05) is 19.8 Å². The fourth-order valence-corrected chi connectivity index (χ4v) is 2.96. The van der Waals surface area contributed by atoms with Gasteiger partial charge in [-0.1, -0.05) is 52.4 Å². The Bertz CT molecular complexity index is 255. The van der Waals surface area contributed by atoms with Crippen LogP contribution in [0.25, 0.3) is 0 Å². The molecular weight excluding hydrogens is 307 g/mol. The third kappa shape index (κ3) is 9.99. The van der Waals surface area contributed by atoms with Gasteiger partial charge in [0.2, 0.25) is 0 Å². The number of unbranched alkanes of at least 4 members (excludes halogenated alkanes) is 5. The first kappa shape index (κ1) is 19.5. The molecule has 1 aliphatic heterocycles. The summed E-state index contributed by atoms with van der Waals surface area (Å²) < 4.78 is 10.0. The summed E-state index contributed by atoms with van der Waals surface area (Å²) in [6, 6.07) is 0. The zero-order valence-electron chi connectivity index (χ0n) is 13.7. The second-order valence-corrected chi connectivity index (χ2v) is 7.89. The SMILES string of the molecule is CCCCCCCCC(C)C(Cl)(Cl)CCCOCC1CO1. The molecule has 0 aromatic rings. The van der Waals surface area contributed by atoms with Crippen molar-refractivity contribution in [2.24, 2.45) is 5.92 Å². The van der Waals surface area contributed by atoms with Gasteiger partial charge in [0, 0.05) is 6.61 Å². The highest BCUT2D eigenvalue weighted by molar-refractivity contribution is 6.48. The number of alkyl halides is 2. The van der Waals surface area contributed by atoms with Crippen molar-refractivity contribution in [2.45, 2.75) is 82.1 Å². The fraction of sp³-hybridized carbons (Fsp3) is 1.00. The van der Waals surface area contributed by atoms with Gasteiger partial charge in [-0.2, -0.15) is 0 Å². The van der Waals surface area contributed by atoms with Crippen LogP contribution in [-0.2, 0) is 9.47 Å². The number of epoxide rings is 1. The first-order valence-corrected chi connectivity index (χ1v) is 9.39. The third-order valence-corrected chi connectivity index (χ3v) is 5.34. The largest absolute Gasteiger partial charge is 0.379 e. The molecule has 21 heavy (non-hydrogen) atoms. The van der Waals surface area contributed by atoms with Gasteiger partial charge < -0.3 is 9.47 Å². The van der Waals surface area contributed by atoms with E-state index in [-0.39, 0.29) is 0 Å². The Hall–Kier alpha value is 0.500. The predicted octanol–water partition coefficient (Wildman–Crippen LogP) is 5.74. The Kier molecular flexibility index (Phi) is 10.3. The lowest BCUT2D eigenvalue weighted by Crippen LogP contribution is -2.24. The zero-order valence-corrected chi connectivity index (χ0v) is 15.2. The average Bonchev–Trinajstić information content (AvgIpc) is 3.26. The Balaban J connectivity index is 1.98. The summed E-state index contributed by atoms with van der Waals surface area (Å²) in [6.45, 7) is 6.71. The highest BCUT2D eigenvalue weighted by Crippen LogP contribution is 2.38. The molecule has 0 amide bonds.